The lowest BCUT2D eigenvalue weighted by atomic mass is 10.1. The van der Waals surface area contributed by atoms with E-state index in [1.165, 1.54) is 14.2 Å². The summed E-state index contributed by atoms with van der Waals surface area (Å²) in [6.45, 7) is 2.03. The number of ether oxygens (including phenoxy) is 3. The summed E-state index contributed by atoms with van der Waals surface area (Å²) in [6.07, 6.45) is -0.842. The molecular formula is C16H23NO6. The van der Waals surface area contributed by atoms with Crippen LogP contribution in [0.5, 0.6) is 11.5 Å². The van der Waals surface area contributed by atoms with Gasteiger partial charge in [0.1, 0.15) is 0 Å². The number of benzene rings is 1. The molecule has 1 unspecified atom stereocenters. The topological polar surface area (TPSA) is 94.1 Å². The Hall–Kier alpha value is -2.28. The third-order valence-electron chi connectivity index (χ3n) is 3.15. The monoisotopic (exact) mass is 325 g/mol. The third kappa shape index (κ3) is 6.15. The maximum absolute atomic E-state index is 11.6. The van der Waals surface area contributed by atoms with Gasteiger partial charge in [-0.25, -0.2) is 0 Å². The number of carbonyl (C=O) groups excluding carboxylic acids is 2. The molecule has 0 radical (unpaired) electrons. The molecule has 0 bridgehead atoms. The van der Waals surface area contributed by atoms with Gasteiger partial charge in [-0.3, -0.25) is 9.59 Å². The average molecular weight is 325 g/mol. The zero-order valence-electron chi connectivity index (χ0n) is 13.6. The van der Waals surface area contributed by atoms with Crippen LogP contribution in [0.25, 0.3) is 0 Å². The normalized spacial score (nSPS) is 11.5. The van der Waals surface area contributed by atoms with Gasteiger partial charge in [-0.05, 0) is 24.6 Å². The van der Waals surface area contributed by atoms with E-state index >= 15 is 0 Å². The van der Waals surface area contributed by atoms with Crippen molar-refractivity contribution in [1.29, 1.82) is 0 Å². The Kier molecular flexibility index (Phi) is 7.90. The Bertz CT molecular complexity index is 531. The number of amides is 1. The number of aliphatic hydroxyl groups excluding tert-OH is 1. The Morgan fingerprint density at radius 2 is 1.87 bits per heavy atom. The highest BCUT2D eigenvalue weighted by Crippen LogP contribution is 2.29. The van der Waals surface area contributed by atoms with E-state index in [4.69, 9.17) is 14.2 Å². The Morgan fingerprint density at radius 1 is 1.17 bits per heavy atom. The number of nitrogens with one attached hydrogen (secondary N) is 1. The first kappa shape index (κ1) is 18.8. The molecule has 0 aliphatic heterocycles. The summed E-state index contributed by atoms with van der Waals surface area (Å²) in [7, 11) is 3.03. The average Bonchev–Trinajstić information content (AvgIpc) is 2.57. The Labute approximate surface area is 135 Å². The van der Waals surface area contributed by atoms with Gasteiger partial charge in [0.15, 0.2) is 11.5 Å². The zero-order chi connectivity index (χ0) is 17.2. The molecule has 0 heterocycles. The maximum atomic E-state index is 11.6. The van der Waals surface area contributed by atoms with Crippen molar-refractivity contribution in [3.05, 3.63) is 23.8 Å². The second-order valence-electron chi connectivity index (χ2n) is 4.74. The summed E-state index contributed by atoms with van der Waals surface area (Å²) in [6, 6.07) is 5.02. The zero-order valence-corrected chi connectivity index (χ0v) is 13.6. The molecule has 0 fully saturated rings. The number of methoxy groups -OCH3 is 2. The summed E-state index contributed by atoms with van der Waals surface area (Å²) in [4.78, 5) is 22.8. The standard InChI is InChI=1S/C16H23NO6/c1-4-23-16(20)8-7-15(19)17-10-12(18)11-5-6-13(21-2)14(9-11)22-3/h5-6,9,12,18H,4,7-8,10H2,1-3H3,(H,17,19). The lowest BCUT2D eigenvalue weighted by Gasteiger charge is -2.15. The maximum Gasteiger partial charge on any atom is 0.306 e. The van der Waals surface area contributed by atoms with Crippen LogP contribution in [0, 0.1) is 0 Å². The number of carbonyl (C=O) groups is 2. The molecule has 7 nitrogen and oxygen atoms in total. The van der Waals surface area contributed by atoms with E-state index in [1.807, 2.05) is 0 Å². The van der Waals surface area contributed by atoms with Gasteiger partial charge in [-0.2, -0.15) is 0 Å². The summed E-state index contributed by atoms with van der Waals surface area (Å²) < 4.78 is 15.0. The molecule has 1 rings (SSSR count). The molecule has 0 spiro atoms. The Balaban J connectivity index is 2.48. The Morgan fingerprint density at radius 3 is 2.48 bits per heavy atom. The number of esters is 1. The van der Waals surface area contributed by atoms with Crippen molar-refractivity contribution in [2.45, 2.75) is 25.9 Å². The summed E-state index contributed by atoms with van der Waals surface area (Å²) in [5.74, 6) is 0.320. The van der Waals surface area contributed by atoms with E-state index in [0.717, 1.165) is 0 Å². The molecule has 1 atom stereocenters. The van der Waals surface area contributed by atoms with Crippen LogP contribution in [0.15, 0.2) is 18.2 Å². The lowest BCUT2D eigenvalue weighted by molar-refractivity contribution is -0.144. The molecule has 128 valence electrons. The molecule has 2 N–H and O–H groups in total. The molecule has 0 aliphatic carbocycles. The molecule has 0 aromatic heterocycles. The number of aliphatic hydroxyl groups is 1. The van der Waals surface area contributed by atoms with Crippen LogP contribution in [0.1, 0.15) is 31.4 Å². The number of hydrogen-bond donors (Lipinski definition) is 2. The first-order valence-electron chi connectivity index (χ1n) is 7.34. The molecular weight excluding hydrogens is 302 g/mol. The molecule has 7 heteroatoms. The van der Waals surface area contributed by atoms with Crippen LogP contribution in [-0.2, 0) is 14.3 Å². The summed E-state index contributed by atoms with van der Waals surface area (Å²) >= 11 is 0. The van der Waals surface area contributed by atoms with E-state index < -0.39 is 12.1 Å². The fourth-order valence-corrected chi connectivity index (χ4v) is 1.93. The largest absolute Gasteiger partial charge is 0.493 e. The third-order valence-corrected chi connectivity index (χ3v) is 3.15. The number of rotatable bonds is 9. The van der Waals surface area contributed by atoms with E-state index in [1.54, 1.807) is 25.1 Å². The first-order chi connectivity index (χ1) is 11.0. The van der Waals surface area contributed by atoms with Crippen molar-refractivity contribution in [1.82, 2.24) is 5.32 Å². The van der Waals surface area contributed by atoms with Crippen molar-refractivity contribution < 1.29 is 28.9 Å². The van der Waals surface area contributed by atoms with Gasteiger partial charge in [0.2, 0.25) is 5.91 Å². The quantitative estimate of drug-likeness (QED) is 0.663. The summed E-state index contributed by atoms with van der Waals surface area (Å²) in [5.41, 5.74) is 0.591. The fraction of sp³-hybridized carbons (Fsp3) is 0.500. The van der Waals surface area contributed by atoms with E-state index in [0.29, 0.717) is 23.7 Å². The van der Waals surface area contributed by atoms with Crippen LogP contribution in [0.3, 0.4) is 0 Å². The SMILES string of the molecule is CCOC(=O)CCC(=O)NCC(O)c1ccc(OC)c(OC)c1. The minimum Gasteiger partial charge on any atom is -0.493 e. The molecule has 0 aliphatic rings. The second kappa shape index (κ2) is 9.68. The fourth-order valence-electron chi connectivity index (χ4n) is 1.93. The van der Waals surface area contributed by atoms with Crippen molar-refractivity contribution >= 4 is 11.9 Å². The van der Waals surface area contributed by atoms with Gasteiger partial charge >= 0.3 is 5.97 Å². The van der Waals surface area contributed by atoms with Crippen LogP contribution in [-0.4, -0.2) is 44.4 Å². The van der Waals surface area contributed by atoms with Gasteiger partial charge < -0.3 is 24.6 Å². The molecule has 1 amide bonds. The molecule has 1 aromatic carbocycles. The minimum absolute atomic E-state index is 0.0200. The molecule has 1 aromatic rings. The van der Waals surface area contributed by atoms with Crippen LogP contribution in [0.4, 0.5) is 0 Å². The number of hydrogen-bond acceptors (Lipinski definition) is 6. The van der Waals surface area contributed by atoms with Gasteiger partial charge in [-0.15, -0.1) is 0 Å². The van der Waals surface area contributed by atoms with E-state index in [-0.39, 0.29) is 25.3 Å². The summed E-state index contributed by atoms with van der Waals surface area (Å²) in [5, 5.41) is 12.7. The van der Waals surface area contributed by atoms with Gasteiger partial charge in [0, 0.05) is 13.0 Å². The molecule has 0 saturated heterocycles. The predicted molar refractivity (Wildman–Crippen MR) is 83.4 cm³/mol. The molecule has 23 heavy (non-hydrogen) atoms. The van der Waals surface area contributed by atoms with Crippen molar-refractivity contribution in [3.8, 4) is 11.5 Å². The molecule has 0 saturated carbocycles. The van der Waals surface area contributed by atoms with Crippen LogP contribution in [0.2, 0.25) is 0 Å². The van der Waals surface area contributed by atoms with Crippen molar-refractivity contribution in [3.63, 3.8) is 0 Å². The predicted octanol–water partition coefficient (Wildman–Crippen LogP) is 1.20. The first-order valence-corrected chi connectivity index (χ1v) is 7.34. The van der Waals surface area contributed by atoms with E-state index in [2.05, 4.69) is 5.32 Å². The lowest BCUT2D eigenvalue weighted by Crippen LogP contribution is -2.28. The van der Waals surface area contributed by atoms with Crippen LogP contribution < -0.4 is 14.8 Å². The van der Waals surface area contributed by atoms with E-state index in [9.17, 15) is 14.7 Å². The van der Waals surface area contributed by atoms with Crippen molar-refractivity contribution in [2.24, 2.45) is 0 Å². The van der Waals surface area contributed by atoms with Gasteiger partial charge in [0.25, 0.3) is 0 Å². The highest BCUT2D eigenvalue weighted by atomic mass is 16.5. The van der Waals surface area contributed by atoms with Gasteiger partial charge in [-0.1, -0.05) is 6.07 Å². The highest BCUT2D eigenvalue weighted by molar-refractivity contribution is 5.81. The minimum atomic E-state index is -0.888. The second-order valence-corrected chi connectivity index (χ2v) is 4.74. The smallest absolute Gasteiger partial charge is 0.306 e. The van der Waals surface area contributed by atoms with Gasteiger partial charge in [0.05, 0.1) is 33.4 Å². The van der Waals surface area contributed by atoms with Crippen LogP contribution >= 0.6 is 0 Å². The highest BCUT2D eigenvalue weighted by Gasteiger charge is 2.13. The van der Waals surface area contributed by atoms with Crippen molar-refractivity contribution in [2.75, 3.05) is 27.4 Å².